The molecule has 11 heteroatoms. The highest BCUT2D eigenvalue weighted by atomic mass is 35.5. The van der Waals surface area contributed by atoms with E-state index in [0.717, 1.165) is 11.3 Å². The van der Waals surface area contributed by atoms with Crippen LogP contribution in [0.5, 0.6) is 11.5 Å². The standard InChI is InChI=1S/C21H19Cl2N3O5S/c1-29-11-24-19(27)16-10-32-21(25-16)26(13-5-7-17(30-2)18(9-13)31-3)20(28)14-6-4-12(22)8-15(14)23/h4-10H,11H2,1-3H3,(H,24,27). The molecule has 0 aliphatic rings. The average Bonchev–Trinajstić information content (AvgIpc) is 3.27. The molecule has 8 nitrogen and oxygen atoms in total. The Balaban J connectivity index is 2.09. The number of thiazole rings is 1. The zero-order chi connectivity index (χ0) is 23.3. The van der Waals surface area contributed by atoms with Gasteiger partial charge in [0, 0.05) is 23.6 Å². The molecule has 2 aromatic carbocycles. The van der Waals surface area contributed by atoms with Crippen LogP contribution in [-0.4, -0.2) is 44.9 Å². The fourth-order valence-corrected chi connectivity index (χ4v) is 4.07. The minimum Gasteiger partial charge on any atom is -0.493 e. The summed E-state index contributed by atoms with van der Waals surface area (Å²) in [7, 11) is 4.46. The van der Waals surface area contributed by atoms with Gasteiger partial charge >= 0.3 is 0 Å². The highest BCUT2D eigenvalue weighted by molar-refractivity contribution is 7.14. The Bertz CT molecular complexity index is 1140. The van der Waals surface area contributed by atoms with Crippen molar-refractivity contribution in [2.75, 3.05) is 33.0 Å². The number of carbonyl (C=O) groups is 2. The SMILES string of the molecule is COCNC(=O)c1csc(N(C(=O)c2ccc(Cl)cc2Cl)c2ccc(OC)c(OC)c2)n1. The summed E-state index contributed by atoms with van der Waals surface area (Å²) in [6, 6.07) is 9.55. The third-order valence-corrected chi connectivity index (χ3v) is 5.66. The molecular formula is C21H19Cl2N3O5S. The van der Waals surface area contributed by atoms with E-state index in [2.05, 4.69) is 10.3 Å². The van der Waals surface area contributed by atoms with Crippen LogP contribution in [0, 0.1) is 0 Å². The van der Waals surface area contributed by atoms with E-state index < -0.39 is 11.8 Å². The molecule has 1 heterocycles. The van der Waals surface area contributed by atoms with Crippen LogP contribution in [0.2, 0.25) is 10.0 Å². The highest BCUT2D eigenvalue weighted by Crippen LogP contribution is 2.37. The predicted molar refractivity (Wildman–Crippen MR) is 124 cm³/mol. The molecule has 3 rings (SSSR count). The van der Waals surface area contributed by atoms with Gasteiger partial charge in [0.1, 0.15) is 12.4 Å². The number of nitrogens with zero attached hydrogens (tertiary/aromatic N) is 2. The van der Waals surface area contributed by atoms with Crippen LogP contribution in [0.15, 0.2) is 41.8 Å². The Morgan fingerprint density at radius 2 is 1.81 bits per heavy atom. The second-order valence-electron chi connectivity index (χ2n) is 6.26. The first-order chi connectivity index (χ1) is 15.4. The molecule has 0 saturated carbocycles. The van der Waals surface area contributed by atoms with Crippen LogP contribution in [0.25, 0.3) is 0 Å². The van der Waals surface area contributed by atoms with E-state index in [0.29, 0.717) is 22.2 Å². The summed E-state index contributed by atoms with van der Waals surface area (Å²) in [5.74, 6) is 0.0160. The van der Waals surface area contributed by atoms with Gasteiger partial charge in [-0.1, -0.05) is 23.2 Å². The molecule has 0 atom stereocenters. The van der Waals surface area contributed by atoms with Crippen molar-refractivity contribution in [3.8, 4) is 11.5 Å². The van der Waals surface area contributed by atoms with Gasteiger partial charge in [-0.3, -0.25) is 14.5 Å². The fourth-order valence-electron chi connectivity index (χ4n) is 2.76. The summed E-state index contributed by atoms with van der Waals surface area (Å²) < 4.78 is 15.5. The molecule has 0 bridgehead atoms. The lowest BCUT2D eigenvalue weighted by Gasteiger charge is -2.22. The van der Waals surface area contributed by atoms with Gasteiger partial charge in [0.15, 0.2) is 16.6 Å². The number of amides is 2. The summed E-state index contributed by atoms with van der Waals surface area (Å²) in [6.45, 7) is 0.0321. The minimum absolute atomic E-state index is 0.0321. The van der Waals surface area contributed by atoms with Gasteiger partial charge in [-0.25, -0.2) is 4.98 Å². The summed E-state index contributed by atoms with van der Waals surface area (Å²) in [5, 5.41) is 4.95. The minimum atomic E-state index is -0.461. The molecule has 0 aliphatic heterocycles. The number of hydrogen-bond acceptors (Lipinski definition) is 7. The van der Waals surface area contributed by atoms with Gasteiger partial charge < -0.3 is 19.5 Å². The summed E-state index contributed by atoms with van der Waals surface area (Å²) in [4.78, 5) is 31.5. The molecule has 168 valence electrons. The van der Waals surface area contributed by atoms with Crippen LogP contribution in [0.4, 0.5) is 10.8 Å². The van der Waals surface area contributed by atoms with Crippen molar-refractivity contribution >= 4 is 57.2 Å². The first-order valence-corrected chi connectivity index (χ1v) is 10.8. The number of ether oxygens (including phenoxy) is 3. The van der Waals surface area contributed by atoms with Crippen molar-refractivity contribution in [2.45, 2.75) is 0 Å². The molecule has 0 radical (unpaired) electrons. The van der Waals surface area contributed by atoms with Gasteiger partial charge in [-0.15, -0.1) is 11.3 Å². The third-order valence-electron chi connectivity index (χ3n) is 4.28. The van der Waals surface area contributed by atoms with E-state index >= 15 is 0 Å². The molecule has 32 heavy (non-hydrogen) atoms. The number of anilines is 2. The van der Waals surface area contributed by atoms with Gasteiger partial charge in [-0.05, 0) is 30.3 Å². The number of nitrogens with one attached hydrogen (secondary N) is 1. The van der Waals surface area contributed by atoms with Crippen molar-refractivity contribution < 1.29 is 23.8 Å². The van der Waals surface area contributed by atoms with Crippen molar-refractivity contribution in [1.29, 1.82) is 0 Å². The Morgan fingerprint density at radius 1 is 1.06 bits per heavy atom. The molecule has 1 aromatic heterocycles. The largest absolute Gasteiger partial charge is 0.493 e. The number of rotatable bonds is 8. The maximum absolute atomic E-state index is 13.6. The van der Waals surface area contributed by atoms with Crippen LogP contribution >= 0.6 is 34.5 Å². The maximum Gasteiger partial charge on any atom is 0.272 e. The lowest BCUT2D eigenvalue weighted by molar-refractivity contribution is 0.0867. The Hall–Kier alpha value is -2.85. The highest BCUT2D eigenvalue weighted by Gasteiger charge is 2.26. The normalized spacial score (nSPS) is 10.5. The van der Waals surface area contributed by atoms with E-state index in [1.807, 2.05) is 0 Å². The zero-order valence-electron chi connectivity index (χ0n) is 17.3. The lowest BCUT2D eigenvalue weighted by atomic mass is 10.1. The molecule has 0 unspecified atom stereocenters. The molecule has 0 spiro atoms. The van der Waals surface area contributed by atoms with Crippen molar-refractivity contribution in [2.24, 2.45) is 0 Å². The summed E-state index contributed by atoms with van der Waals surface area (Å²) >= 11 is 13.4. The molecule has 1 N–H and O–H groups in total. The van der Waals surface area contributed by atoms with Gasteiger partial charge in [-0.2, -0.15) is 0 Å². The van der Waals surface area contributed by atoms with Crippen LogP contribution in [-0.2, 0) is 4.74 Å². The summed E-state index contributed by atoms with van der Waals surface area (Å²) in [5.41, 5.74) is 0.797. The van der Waals surface area contributed by atoms with Crippen molar-refractivity contribution in [3.63, 3.8) is 0 Å². The van der Waals surface area contributed by atoms with Crippen LogP contribution in [0.1, 0.15) is 20.8 Å². The Kier molecular flexibility index (Phi) is 7.92. The van der Waals surface area contributed by atoms with Gasteiger partial charge in [0.05, 0.1) is 30.5 Å². The van der Waals surface area contributed by atoms with Gasteiger partial charge in [0.2, 0.25) is 0 Å². The van der Waals surface area contributed by atoms with Crippen molar-refractivity contribution in [3.05, 3.63) is 63.1 Å². The quantitative estimate of drug-likeness (QED) is 0.452. The van der Waals surface area contributed by atoms with E-state index in [9.17, 15) is 9.59 Å². The first-order valence-electron chi connectivity index (χ1n) is 9.13. The molecule has 0 aliphatic carbocycles. The first kappa shape index (κ1) is 23.8. The second kappa shape index (κ2) is 10.6. The Morgan fingerprint density at radius 3 is 2.47 bits per heavy atom. The van der Waals surface area contributed by atoms with E-state index in [1.54, 1.807) is 29.6 Å². The van der Waals surface area contributed by atoms with Crippen LogP contribution < -0.4 is 19.7 Å². The number of aromatic nitrogens is 1. The second-order valence-corrected chi connectivity index (χ2v) is 7.94. The molecule has 3 aromatic rings. The van der Waals surface area contributed by atoms with Crippen LogP contribution in [0.3, 0.4) is 0 Å². The molecule has 0 fully saturated rings. The number of methoxy groups -OCH3 is 3. The Labute approximate surface area is 198 Å². The smallest absolute Gasteiger partial charge is 0.272 e. The number of halogens is 2. The monoisotopic (exact) mass is 495 g/mol. The third kappa shape index (κ3) is 5.13. The zero-order valence-corrected chi connectivity index (χ0v) is 19.7. The number of hydrogen-bond donors (Lipinski definition) is 1. The lowest BCUT2D eigenvalue weighted by Crippen LogP contribution is -2.28. The van der Waals surface area contributed by atoms with E-state index in [1.165, 1.54) is 38.4 Å². The topological polar surface area (TPSA) is 90.0 Å². The average molecular weight is 496 g/mol. The number of benzene rings is 2. The fraction of sp³-hybridized carbons (Fsp3) is 0.190. The molecule has 0 saturated heterocycles. The number of carbonyl (C=O) groups excluding carboxylic acids is 2. The molecule has 2 amide bonds. The maximum atomic E-state index is 13.6. The van der Waals surface area contributed by atoms with Crippen molar-refractivity contribution in [1.82, 2.24) is 10.3 Å². The van der Waals surface area contributed by atoms with E-state index in [4.69, 9.17) is 37.4 Å². The molecular weight excluding hydrogens is 477 g/mol. The van der Waals surface area contributed by atoms with E-state index in [-0.39, 0.29) is 28.1 Å². The summed E-state index contributed by atoms with van der Waals surface area (Å²) in [6.07, 6.45) is 0. The van der Waals surface area contributed by atoms with Gasteiger partial charge in [0.25, 0.3) is 11.8 Å². The predicted octanol–water partition coefficient (Wildman–Crippen LogP) is 4.78.